The lowest BCUT2D eigenvalue weighted by molar-refractivity contribution is -0.107. The van der Waals surface area contributed by atoms with Crippen LogP contribution in [0.5, 0.6) is 0 Å². The van der Waals surface area contributed by atoms with Gasteiger partial charge in [0.25, 0.3) is 0 Å². The molecule has 4 nitrogen and oxygen atoms in total. The summed E-state index contributed by atoms with van der Waals surface area (Å²) >= 11 is 0. The highest BCUT2D eigenvalue weighted by Crippen LogP contribution is 2.36. The molecule has 2 aliphatic rings. The fourth-order valence-electron chi connectivity index (χ4n) is 3.49. The van der Waals surface area contributed by atoms with E-state index in [0.717, 1.165) is 38.1 Å². The fourth-order valence-corrected chi connectivity index (χ4v) is 3.49. The summed E-state index contributed by atoms with van der Waals surface area (Å²) < 4.78 is 6.01. The van der Waals surface area contributed by atoms with Crippen LogP contribution in [0.2, 0.25) is 0 Å². The molecule has 0 bridgehead atoms. The van der Waals surface area contributed by atoms with E-state index >= 15 is 0 Å². The topological polar surface area (TPSA) is 49.8 Å². The van der Waals surface area contributed by atoms with E-state index in [1.807, 2.05) is 12.1 Å². The maximum Gasteiger partial charge on any atom is 0.336 e. The average Bonchev–Trinajstić information content (AvgIpc) is 2.87. The van der Waals surface area contributed by atoms with Gasteiger partial charge in [-0.25, -0.2) is 4.79 Å². The number of carboxylic acid groups (broad SMARTS) is 1. The Morgan fingerprint density at radius 3 is 2.80 bits per heavy atom. The number of benzene rings is 1. The molecule has 1 saturated carbocycles. The van der Waals surface area contributed by atoms with Crippen molar-refractivity contribution in [3.05, 3.63) is 35.4 Å². The van der Waals surface area contributed by atoms with E-state index in [1.165, 1.54) is 12.8 Å². The van der Waals surface area contributed by atoms with Crippen LogP contribution in [0.3, 0.4) is 0 Å². The molecule has 4 heteroatoms. The molecule has 1 heterocycles. The van der Waals surface area contributed by atoms with Crippen LogP contribution in [0.15, 0.2) is 24.3 Å². The lowest BCUT2D eigenvalue weighted by Gasteiger charge is -2.40. The summed E-state index contributed by atoms with van der Waals surface area (Å²) in [7, 11) is 0. The van der Waals surface area contributed by atoms with Gasteiger partial charge in [0.2, 0.25) is 0 Å². The zero-order chi connectivity index (χ0) is 14.0. The third-order valence-corrected chi connectivity index (χ3v) is 4.48. The molecule has 0 unspecified atom stereocenters. The van der Waals surface area contributed by atoms with Crippen molar-refractivity contribution in [1.29, 1.82) is 0 Å². The molecule has 1 aliphatic carbocycles. The molecule has 1 saturated heterocycles. The van der Waals surface area contributed by atoms with E-state index in [4.69, 9.17) is 4.74 Å². The third-order valence-electron chi connectivity index (χ3n) is 4.48. The van der Waals surface area contributed by atoms with Crippen molar-refractivity contribution in [2.24, 2.45) is 0 Å². The van der Waals surface area contributed by atoms with Crippen molar-refractivity contribution in [1.82, 2.24) is 4.90 Å². The monoisotopic (exact) mass is 275 g/mol. The quantitative estimate of drug-likeness (QED) is 0.921. The third kappa shape index (κ3) is 2.72. The van der Waals surface area contributed by atoms with Crippen LogP contribution in [0, 0.1) is 0 Å². The van der Waals surface area contributed by atoms with E-state index in [9.17, 15) is 9.90 Å². The Morgan fingerprint density at radius 2 is 2.05 bits per heavy atom. The molecule has 0 atom stereocenters. The molecule has 1 aromatic rings. The lowest BCUT2D eigenvalue weighted by atomic mass is 9.98. The van der Waals surface area contributed by atoms with Crippen LogP contribution in [0.4, 0.5) is 0 Å². The summed E-state index contributed by atoms with van der Waals surface area (Å²) in [5, 5.41) is 9.26. The summed E-state index contributed by atoms with van der Waals surface area (Å²) in [5.74, 6) is -0.843. The van der Waals surface area contributed by atoms with E-state index in [2.05, 4.69) is 4.90 Å². The van der Waals surface area contributed by atoms with Crippen molar-refractivity contribution < 1.29 is 14.6 Å². The fraction of sp³-hybridized carbons (Fsp3) is 0.562. The van der Waals surface area contributed by atoms with E-state index < -0.39 is 5.97 Å². The predicted molar refractivity (Wildman–Crippen MR) is 75.8 cm³/mol. The van der Waals surface area contributed by atoms with E-state index in [0.29, 0.717) is 12.1 Å². The first kappa shape index (κ1) is 13.6. The Balaban J connectivity index is 1.73. The van der Waals surface area contributed by atoms with Gasteiger partial charge in [-0.1, -0.05) is 31.0 Å². The number of morpholine rings is 1. The van der Waals surface area contributed by atoms with Crippen LogP contribution in [-0.2, 0) is 11.3 Å². The Labute approximate surface area is 119 Å². The minimum absolute atomic E-state index is 0.0381. The van der Waals surface area contributed by atoms with Crippen molar-refractivity contribution in [3.8, 4) is 0 Å². The number of carboxylic acids is 1. The number of ether oxygens (including phenoxy) is 1. The molecule has 1 aliphatic heterocycles. The van der Waals surface area contributed by atoms with Crippen molar-refractivity contribution in [2.45, 2.75) is 37.8 Å². The van der Waals surface area contributed by atoms with Crippen LogP contribution in [0.1, 0.15) is 41.6 Å². The average molecular weight is 275 g/mol. The number of hydrogen-bond acceptors (Lipinski definition) is 3. The highest BCUT2D eigenvalue weighted by Gasteiger charge is 2.39. The summed E-state index contributed by atoms with van der Waals surface area (Å²) in [4.78, 5) is 13.6. The first-order chi connectivity index (χ1) is 9.69. The summed E-state index contributed by atoms with van der Waals surface area (Å²) in [5.41, 5.74) is 1.35. The highest BCUT2D eigenvalue weighted by molar-refractivity contribution is 5.89. The molecule has 1 N–H and O–H groups in total. The number of nitrogens with zero attached hydrogens (tertiary/aromatic N) is 1. The second-order valence-corrected chi connectivity index (χ2v) is 5.91. The van der Waals surface area contributed by atoms with Gasteiger partial charge in [-0.3, -0.25) is 4.90 Å². The SMILES string of the molecule is O=C(O)c1ccccc1CN1CCOC2(CCCC2)C1. The molecular formula is C16H21NO3. The van der Waals surface area contributed by atoms with Gasteiger partial charge in [0.15, 0.2) is 0 Å². The standard InChI is InChI=1S/C16H21NO3/c18-15(19)14-6-2-1-5-13(14)11-17-9-10-20-16(12-17)7-3-4-8-16/h1-2,5-6H,3-4,7-12H2,(H,18,19). The Morgan fingerprint density at radius 1 is 1.30 bits per heavy atom. The molecule has 3 rings (SSSR count). The van der Waals surface area contributed by atoms with Gasteiger partial charge in [-0.15, -0.1) is 0 Å². The largest absolute Gasteiger partial charge is 0.478 e. The molecule has 1 aromatic carbocycles. The smallest absolute Gasteiger partial charge is 0.336 e. The first-order valence-electron chi connectivity index (χ1n) is 7.36. The van der Waals surface area contributed by atoms with E-state index in [1.54, 1.807) is 12.1 Å². The van der Waals surface area contributed by atoms with Gasteiger partial charge < -0.3 is 9.84 Å². The number of carbonyl (C=O) groups is 1. The maximum atomic E-state index is 11.3. The molecule has 0 radical (unpaired) electrons. The Bertz CT molecular complexity index is 494. The molecular weight excluding hydrogens is 254 g/mol. The van der Waals surface area contributed by atoms with Crippen LogP contribution in [0.25, 0.3) is 0 Å². The molecule has 108 valence electrons. The van der Waals surface area contributed by atoms with Crippen molar-refractivity contribution in [2.75, 3.05) is 19.7 Å². The predicted octanol–water partition coefficient (Wildman–Crippen LogP) is 2.53. The van der Waals surface area contributed by atoms with Crippen molar-refractivity contribution in [3.63, 3.8) is 0 Å². The highest BCUT2D eigenvalue weighted by atomic mass is 16.5. The minimum atomic E-state index is -0.843. The normalized spacial score (nSPS) is 22.2. The summed E-state index contributed by atoms with van der Waals surface area (Å²) in [6, 6.07) is 7.29. The molecule has 0 amide bonds. The Hall–Kier alpha value is -1.39. The molecule has 1 spiro atoms. The molecule has 20 heavy (non-hydrogen) atoms. The van der Waals surface area contributed by atoms with Gasteiger partial charge in [-0.05, 0) is 24.5 Å². The number of rotatable bonds is 3. The van der Waals surface area contributed by atoms with E-state index in [-0.39, 0.29) is 5.60 Å². The first-order valence-corrected chi connectivity index (χ1v) is 7.36. The lowest BCUT2D eigenvalue weighted by Crippen LogP contribution is -2.49. The molecule has 0 aromatic heterocycles. The Kier molecular flexibility index (Phi) is 3.76. The van der Waals surface area contributed by atoms with Gasteiger partial charge in [0.1, 0.15) is 0 Å². The maximum absolute atomic E-state index is 11.3. The second kappa shape index (κ2) is 5.54. The number of aromatic carboxylic acids is 1. The molecule has 2 fully saturated rings. The van der Waals surface area contributed by atoms with Gasteiger partial charge in [0.05, 0.1) is 17.8 Å². The zero-order valence-electron chi connectivity index (χ0n) is 11.7. The minimum Gasteiger partial charge on any atom is -0.478 e. The van der Waals surface area contributed by atoms with Gasteiger partial charge in [-0.2, -0.15) is 0 Å². The van der Waals surface area contributed by atoms with Crippen molar-refractivity contribution >= 4 is 5.97 Å². The van der Waals surface area contributed by atoms with Gasteiger partial charge >= 0.3 is 5.97 Å². The zero-order valence-corrected chi connectivity index (χ0v) is 11.7. The second-order valence-electron chi connectivity index (χ2n) is 5.91. The van der Waals surface area contributed by atoms with Crippen LogP contribution in [-0.4, -0.2) is 41.3 Å². The summed E-state index contributed by atoms with van der Waals surface area (Å²) in [6.45, 7) is 3.28. The van der Waals surface area contributed by atoms with Crippen LogP contribution < -0.4 is 0 Å². The summed E-state index contributed by atoms with van der Waals surface area (Å²) in [6.07, 6.45) is 4.78. The van der Waals surface area contributed by atoms with Gasteiger partial charge in [0, 0.05) is 19.6 Å². The van der Waals surface area contributed by atoms with Crippen LogP contribution >= 0.6 is 0 Å². The number of hydrogen-bond donors (Lipinski definition) is 1.